The zero-order valence-corrected chi connectivity index (χ0v) is 19.7. The first kappa shape index (κ1) is 24.0. The van der Waals surface area contributed by atoms with Crippen molar-refractivity contribution in [3.05, 3.63) is 53.1 Å². The van der Waals surface area contributed by atoms with Gasteiger partial charge in [-0.15, -0.1) is 0 Å². The second kappa shape index (κ2) is 10.00. The maximum atomic E-state index is 13.0. The lowest BCUT2D eigenvalue weighted by molar-refractivity contribution is -0.129. The number of nitrogens with zero attached hydrogens (tertiary/aromatic N) is 1. The van der Waals surface area contributed by atoms with Gasteiger partial charge in [0.25, 0.3) is 5.91 Å². The van der Waals surface area contributed by atoms with Crippen LogP contribution in [0.15, 0.2) is 41.3 Å². The van der Waals surface area contributed by atoms with Gasteiger partial charge in [-0.05, 0) is 49.2 Å². The summed E-state index contributed by atoms with van der Waals surface area (Å²) in [5.74, 6) is -0.0256. The number of sulfonamides is 1. The molecule has 2 heterocycles. The molecular formula is C23H26N2O8S. The molecule has 34 heavy (non-hydrogen) atoms. The van der Waals surface area contributed by atoms with Crippen LogP contribution < -0.4 is 14.8 Å². The predicted octanol–water partition coefficient (Wildman–Crippen LogP) is 1.61. The number of carbonyl (C=O) groups is 2. The number of nitrogens with one attached hydrogen (secondary N) is 1. The third-order valence-corrected chi connectivity index (χ3v) is 7.61. The quantitative estimate of drug-likeness (QED) is 0.581. The van der Waals surface area contributed by atoms with Crippen LogP contribution in [0.5, 0.6) is 11.5 Å². The summed E-state index contributed by atoms with van der Waals surface area (Å²) in [6.45, 7) is 4.61. The number of amides is 1. The first-order valence-electron chi connectivity index (χ1n) is 10.8. The van der Waals surface area contributed by atoms with Crippen LogP contribution in [0.3, 0.4) is 0 Å². The highest BCUT2D eigenvalue weighted by Crippen LogP contribution is 2.32. The van der Waals surface area contributed by atoms with Crippen molar-refractivity contribution in [2.24, 2.45) is 0 Å². The van der Waals surface area contributed by atoms with Gasteiger partial charge in [0.05, 0.1) is 23.7 Å². The smallest absolute Gasteiger partial charge is 0.338 e. The Morgan fingerprint density at radius 1 is 1.09 bits per heavy atom. The Labute approximate surface area is 197 Å². The molecule has 10 nitrogen and oxygen atoms in total. The van der Waals surface area contributed by atoms with Gasteiger partial charge < -0.3 is 24.3 Å². The van der Waals surface area contributed by atoms with E-state index in [2.05, 4.69) is 5.32 Å². The first-order chi connectivity index (χ1) is 16.3. The second-order valence-electron chi connectivity index (χ2n) is 7.95. The molecule has 0 radical (unpaired) electrons. The van der Waals surface area contributed by atoms with Crippen molar-refractivity contribution in [2.75, 3.05) is 33.1 Å². The summed E-state index contributed by atoms with van der Waals surface area (Å²) in [6, 6.07) is 9.64. The van der Waals surface area contributed by atoms with E-state index in [4.69, 9.17) is 18.9 Å². The van der Waals surface area contributed by atoms with Crippen molar-refractivity contribution in [1.29, 1.82) is 0 Å². The van der Waals surface area contributed by atoms with Gasteiger partial charge in [0.2, 0.25) is 16.8 Å². The van der Waals surface area contributed by atoms with E-state index in [1.807, 2.05) is 0 Å². The largest absolute Gasteiger partial charge is 0.454 e. The zero-order chi connectivity index (χ0) is 24.3. The number of hydrogen-bond acceptors (Lipinski definition) is 8. The molecule has 0 aromatic heterocycles. The maximum absolute atomic E-state index is 13.0. The number of morpholine rings is 1. The van der Waals surface area contributed by atoms with E-state index in [9.17, 15) is 18.0 Å². The SMILES string of the molecule is Cc1ccc(C(=O)O[C@@H](C)C(=O)NCc2ccc3c(c2)OCO3)cc1S(=O)(=O)N1CCOCC1. The number of hydrogen-bond donors (Lipinski definition) is 1. The third kappa shape index (κ3) is 5.16. The molecule has 2 aliphatic rings. The zero-order valence-electron chi connectivity index (χ0n) is 18.9. The Balaban J connectivity index is 1.38. The molecular weight excluding hydrogens is 464 g/mol. The molecule has 0 aliphatic carbocycles. The Kier molecular flexibility index (Phi) is 7.05. The Morgan fingerprint density at radius 2 is 1.82 bits per heavy atom. The molecule has 182 valence electrons. The molecule has 0 unspecified atom stereocenters. The number of carbonyl (C=O) groups excluding carboxylic acids is 2. The lowest BCUT2D eigenvalue weighted by Crippen LogP contribution is -2.40. The number of benzene rings is 2. The van der Waals surface area contributed by atoms with Crippen LogP contribution in [0.1, 0.15) is 28.4 Å². The van der Waals surface area contributed by atoms with Crippen molar-refractivity contribution in [1.82, 2.24) is 9.62 Å². The first-order valence-corrected chi connectivity index (χ1v) is 12.3. The minimum absolute atomic E-state index is 0.0313. The van der Waals surface area contributed by atoms with Crippen LogP contribution in [0.25, 0.3) is 0 Å². The van der Waals surface area contributed by atoms with Gasteiger partial charge in [0, 0.05) is 19.6 Å². The van der Waals surface area contributed by atoms with Gasteiger partial charge in [-0.25, -0.2) is 13.2 Å². The molecule has 1 amide bonds. The fourth-order valence-corrected chi connectivity index (χ4v) is 5.26. The van der Waals surface area contributed by atoms with Crippen LogP contribution in [-0.4, -0.2) is 63.8 Å². The number of ether oxygens (including phenoxy) is 4. The molecule has 1 fully saturated rings. The van der Waals surface area contributed by atoms with E-state index < -0.39 is 28.0 Å². The van der Waals surface area contributed by atoms with Gasteiger partial charge in [-0.1, -0.05) is 12.1 Å². The highest BCUT2D eigenvalue weighted by atomic mass is 32.2. The van der Waals surface area contributed by atoms with Crippen molar-refractivity contribution in [3.63, 3.8) is 0 Å². The third-order valence-electron chi connectivity index (χ3n) is 5.57. The van der Waals surface area contributed by atoms with Crippen LogP contribution in [0.4, 0.5) is 0 Å². The molecule has 2 aromatic rings. The molecule has 0 saturated carbocycles. The molecule has 2 aromatic carbocycles. The van der Waals surface area contributed by atoms with Crippen molar-refractivity contribution in [2.45, 2.75) is 31.4 Å². The summed E-state index contributed by atoms with van der Waals surface area (Å²) in [4.78, 5) is 25.1. The van der Waals surface area contributed by atoms with Crippen molar-refractivity contribution >= 4 is 21.9 Å². The lowest BCUT2D eigenvalue weighted by atomic mass is 10.1. The topological polar surface area (TPSA) is 120 Å². The van der Waals surface area contributed by atoms with E-state index in [-0.39, 0.29) is 36.9 Å². The summed E-state index contributed by atoms with van der Waals surface area (Å²) in [7, 11) is -3.79. The monoisotopic (exact) mass is 490 g/mol. The van der Waals surface area contributed by atoms with Gasteiger partial charge in [-0.3, -0.25) is 4.79 Å². The summed E-state index contributed by atoms with van der Waals surface area (Å²) in [6.07, 6.45) is -1.08. The van der Waals surface area contributed by atoms with E-state index >= 15 is 0 Å². The molecule has 1 N–H and O–H groups in total. The van der Waals surface area contributed by atoms with Crippen molar-refractivity contribution in [3.8, 4) is 11.5 Å². The van der Waals surface area contributed by atoms with Crippen molar-refractivity contribution < 1.29 is 37.0 Å². The molecule has 0 bridgehead atoms. The number of esters is 1. The predicted molar refractivity (Wildman–Crippen MR) is 120 cm³/mol. The van der Waals surface area contributed by atoms with E-state index in [0.29, 0.717) is 30.3 Å². The molecule has 2 aliphatic heterocycles. The van der Waals surface area contributed by atoms with Crippen LogP contribution in [-0.2, 0) is 30.8 Å². The standard InChI is InChI=1S/C23H26N2O8S/c1-15-3-5-18(12-21(15)34(28,29)25-7-9-30-10-8-25)23(27)33-16(2)22(26)24-13-17-4-6-19-20(11-17)32-14-31-19/h3-6,11-12,16H,7-10,13-14H2,1-2H3,(H,24,26)/t16-/m0/s1. The van der Waals surface area contributed by atoms with E-state index in [1.165, 1.54) is 23.4 Å². The Hall–Kier alpha value is -3.15. The number of aryl methyl sites for hydroxylation is 1. The highest BCUT2D eigenvalue weighted by Gasteiger charge is 2.29. The molecule has 1 atom stereocenters. The molecule has 11 heteroatoms. The number of rotatable bonds is 7. The maximum Gasteiger partial charge on any atom is 0.338 e. The molecule has 1 saturated heterocycles. The van der Waals surface area contributed by atoms with E-state index in [1.54, 1.807) is 31.2 Å². The summed E-state index contributed by atoms with van der Waals surface area (Å²) in [5, 5.41) is 2.71. The minimum Gasteiger partial charge on any atom is -0.454 e. The highest BCUT2D eigenvalue weighted by molar-refractivity contribution is 7.89. The van der Waals surface area contributed by atoms with Crippen LogP contribution in [0.2, 0.25) is 0 Å². The van der Waals surface area contributed by atoms with Crippen LogP contribution in [0, 0.1) is 6.92 Å². The van der Waals surface area contributed by atoms with E-state index in [0.717, 1.165) is 5.56 Å². The summed E-state index contributed by atoms with van der Waals surface area (Å²) >= 11 is 0. The van der Waals surface area contributed by atoms with Gasteiger partial charge >= 0.3 is 5.97 Å². The summed E-state index contributed by atoms with van der Waals surface area (Å²) < 4.78 is 48.5. The lowest BCUT2D eigenvalue weighted by Gasteiger charge is -2.26. The number of fused-ring (bicyclic) bond motifs is 1. The Morgan fingerprint density at radius 3 is 2.59 bits per heavy atom. The fourth-order valence-electron chi connectivity index (χ4n) is 3.60. The normalized spacial score (nSPS) is 16.6. The average molecular weight is 491 g/mol. The Bertz CT molecular complexity index is 1190. The molecule has 0 spiro atoms. The average Bonchev–Trinajstić information content (AvgIpc) is 3.31. The molecule has 4 rings (SSSR count). The fraction of sp³-hybridized carbons (Fsp3) is 0.391. The van der Waals surface area contributed by atoms with Gasteiger partial charge in [0.15, 0.2) is 17.6 Å². The minimum atomic E-state index is -3.79. The van der Waals surface area contributed by atoms with Crippen LogP contribution >= 0.6 is 0 Å². The van der Waals surface area contributed by atoms with Gasteiger partial charge in [0.1, 0.15) is 0 Å². The van der Waals surface area contributed by atoms with Gasteiger partial charge in [-0.2, -0.15) is 4.31 Å². The summed E-state index contributed by atoms with van der Waals surface area (Å²) in [5.41, 5.74) is 1.36. The second-order valence-corrected chi connectivity index (χ2v) is 9.86.